The Bertz CT molecular complexity index is 283. The lowest BCUT2D eigenvalue weighted by molar-refractivity contribution is -0.136. The molecule has 0 N–H and O–H groups in total. The van der Waals surface area contributed by atoms with Crippen LogP contribution in [0.3, 0.4) is 0 Å². The first-order chi connectivity index (χ1) is 7.61. The zero-order chi connectivity index (χ0) is 12.4. The lowest BCUT2D eigenvalue weighted by atomic mass is 9.94. The average Bonchev–Trinajstić information content (AvgIpc) is 2.22. The number of Topliss-reactive ketones (excluding diaryl/α,β-unsaturated/α-hetero) is 1. The first kappa shape index (κ1) is 14.7. The van der Waals surface area contributed by atoms with Crippen molar-refractivity contribution in [2.75, 3.05) is 6.61 Å². The van der Waals surface area contributed by atoms with Crippen LogP contribution >= 0.6 is 0 Å². The van der Waals surface area contributed by atoms with Crippen LogP contribution in [0.2, 0.25) is 0 Å². The van der Waals surface area contributed by atoms with Crippen molar-refractivity contribution in [3.63, 3.8) is 0 Å². The molecular weight excluding hydrogens is 204 g/mol. The molecule has 0 bridgehead atoms. The lowest BCUT2D eigenvalue weighted by Gasteiger charge is -2.09. The normalized spacial score (nSPS) is 11.2. The van der Waals surface area contributed by atoms with Crippen molar-refractivity contribution in [3.05, 3.63) is 0 Å². The van der Waals surface area contributed by atoms with Crippen LogP contribution in [-0.4, -0.2) is 18.4 Å². The maximum Gasteiger partial charge on any atom is 0.384 e. The van der Waals surface area contributed by atoms with Crippen LogP contribution in [0, 0.1) is 17.8 Å². The van der Waals surface area contributed by atoms with Gasteiger partial charge in [0.15, 0.2) is 0 Å². The van der Waals surface area contributed by atoms with E-state index in [4.69, 9.17) is 0 Å². The van der Waals surface area contributed by atoms with E-state index in [1.807, 2.05) is 0 Å². The van der Waals surface area contributed by atoms with Crippen molar-refractivity contribution in [1.29, 1.82) is 0 Å². The Morgan fingerprint density at radius 2 is 1.94 bits per heavy atom. The summed E-state index contributed by atoms with van der Waals surface area (Å²) in [5.74, 6) is 4.94. The number of hydrogen-bond donors (Lipinski definition) is 0. The van der Waals surface area contributed by atoms with Crippen LogP contribution in [0.15, 0.2) is 0 Å². The summed E-state index contributed by atoms with van der Waals surface area (Å²) in [6, 6.07) is 0. The second-order valence-corrected chi connectivity index (χ2v) is 3.66. The van der Waals surface area contributed by atoms with E-state index in [2.05, 4.69) is 23.5 Å². The third-order valence-electron chi connectivity index (χ3n) is 2.30. The van der Waals surface area contributed by atoms with Gasteiger partial charge in [0.05, 0.1) is 6.61 Å². The highest BCUT2D eigenvalue weighted by Gasteiger charge is 2.11. The molecule has 3 heteroatoms. The molecule has 1 unspecified atom stereocenters. The smallest absolute Gasteiger partial charge is 0.384 e. The summed E-state index contributed by atoms with van der Waals surface area (Å²) in [6.07, 6.45) is 3.20. The van der Waals surface area contributed by atoms with Gasteiger partial charge in [0, 0.05) is 18.3 Å². The standard InChI is InChI=1S/C13H20O3/c1-4-8-12(11(3)14)9-6-7-10-13(15)16-5-2/h12H,4-6,8-9H2,1-3H3. The fraction of sp³-hybridized carbons (Fsp3) is 0.692. The maximum atomic E-state index is 11.2. The average molecular weight is 224 g/mol. The van der Waals surface area contributed by atoms with Gasteiger partial charge >= 0.3 is 5.97 Å². The van der Waals surface area contributed by atoms with E-state index in [0.717, 1.165) is 19.3 Å². The highest BCUT2D eigenvalue weighted by Crippen LogP contribution is 2.13. The molecule has 0 radical (unpaired) electrons. The highest BCUT2D eigenvalue weighted by molar-refractivity contribution is 5.88. The molecule has 0 heterocycles. The van der Waals surface area contributed by atoms with Gasteiger partial charge < -0.3 is 4.74 Å². The molecule has 0 fully saturated rings. The Morgan fingerprint density at radius 1 is 1.25 bits per heavy atom. The number of rotatable bonds is 6. The Balaban J connectivity index is 3.93. The van der Waals surface area contributed by atoms with E-state index < -0.39 is 5.97 Å². The van der Waals surface area contributed by atoms with Gasteiger partial charge in [0.25, 0.3) is 0 Å². The molecule has 0 saturated carbocycles. The van der Waals surface area contributed by atoms with Crippen molar-refractivity contribution in [2.24, 2.45) is 5.92 Å². The molecular formula is C13H20O3. The minimum Gasteiger partial charge on any atom is -0.456 e. The number of ether oxygens (including phenoxy) is 1. The summed E-state index contributed by atoms with van der Waals surface area (Å²) in [5.41, 5.74) is 0. The summed E-state index contributed by atoms with van der Waals surface area (Å²) in [4.78, 5) is 22.1. The number of carbonyl (C=O) groups excluding carboxylic acids is 2. The third-order valence-corrected chi connectivity index (χ3v) is 2.30. The van der Waals surface area contributed by atoms with Gasteiger partial charge in [-0.3, -0.25) is 4.79 Å². The topological polar surface area (TPSA) is 43.4 Å². The molecule has 0 aromatic heterocycles. The monoisotopic (exact) mass is 224 g/mol. The molecule has 16 heavy (non-hydrogen) atoms. The summed E-state index contributed by atoms with van der Waals surface area (Å²) in [5, 5.41) is 0. The highest BCUT2D eigenvalue weighted by atomic mass is 16.5. The summed E-state index contributed by atoms with van der Waals surface area (Å²) < 4.78 is 4.66. The summed E-state index contributed by atoms with van der Waals surface area (Å²) in [7, 11) is 0. The fourth-order valence-electron chi connectivity index (χ4n) is 1.45. The largest absolute Gasteiger partial charge is 0.456 e. The van der Waals surface area contributed by atoms with Gasteiger partial charge in [-0.25, -0.2) is 4.79 Å². The maximum absolute atomic E-state index is 11.2. The molecule has 0 saturated heterocycles. The predicted molar refractivity (Wildman–Crippen MR) is 62.7 cm³/mol. The first-order valence-corrected chi connectivity index (χ1v) is 5.77. The van der Waals surface area contributed by atoms with Crippen LogP contribution < -0.4 is 0 Å². The van der Waals surface area contributed by atoms with E-state index in [9.17, 15) is 9.59 Å². The van der Waals surface area contributed by atoms with Gasteiger partial charge in [-0.05, 0) is 26.7 Å². The zero-order valence-electron chi connectivity index (χ0n) is 10.3. The quantitative estimate of drug-likeness (QED) is 0.395. The van der Waals surface area contributed by atoms with E-state index in [-0.39, 0.29) is 11.7 Å². The van der Waals surface area contributed by atoms with Crippen LogP contribution in [0.5, 0.6) is 0 Å². The summed E-state index contributed by atoms with van der Waals surface area (Å²) >= 11 is 0. The Kier molecular flexibility index (Phi) is 8.24. The molecule has 0 spiro atoms. The minimum atomic E-state index is -0.489. The second-order valence-electron chi connectivity index (χ2n) is 3.66. The molecule has 0 aromatic rings. The van der Waals surface area contributed by atoms with Crippen molar-refractivity contribution < 1.29 is 14.3 Å². The molecule has 0 aromatic carbocycles. The van der Waals surface area contributed by atoms with Crippen molar-refractivity contribution >= 4 is 11.8 Å². The Labute approximate surface area is 97.6 Å². The van der Waals surface area contributed by atoms with E-state index in [1.54, 1.807) is 13.8 Å². The van der Waals surface area contributed by atoms with Crippen LogP contribution in [-0.2, 0) is 14.3 Å². The molecule has 0 amide bonds. The Hall–Kier alpha value is -1.30. The van der Waals surface area contributed by atoms with Gasteiger partial charge in [0.1, 0.15) is 5.78 Å². The first-order valence-electron chi connectivity index (χ1n) is 5.77. The molecule has 0 aliphatic rings. The lowest BCUT2D eigenvalue weighted by Crippen LogP contribution is -2.10. The molecule has 0 aliphatic heterocycles. The predicted octanol–water partition coefficient (Wildman–Crippen LogP) is 2.34. The van der Waals surface area contributed by atoms with Gasteiger partial charge in [-0.2, -0.15) is 0 Å². The zero-order valence-corrected chi connectivity index (χ0v) is 10.3. The molecule has 0 aliphatic carbocycles. The van der Waals surface area contributed by atoms with Gasteiger partial charge in [0.2, 0.25) is 0 Å². The van der Waals surface area contributed by atoms with Crippen molar-refractivity contribution in [1.82, 2.24) is 0 Å². The number of esters is 1. The molecule has 90 valence electrons. The van der Waals surface area contributed by atoms with Crippen molar-refractivity contribution in [3.8, 4) is 11.8 Å². The number of ketones is 1. The van der Waals surface area contributed by atoms with E-state index >= 15 is 0 Å². The minimum absolute atomic E-state index is 0.0847. The van der Waals surface area contributed by atoms with Gasteiger partial charge in [-0.15, -0.1) is 0 Å². The molecule has 1 atom stereocenters. The number of carbonyl (C=O) groups is 2. The molecule has 3 nitrogen and oxygen atoms in total. The van der Waals surface area contributed by atoms with Crippen molar-refractivity contribution in [2.45, 2.75) is 46.5 Å². The van der Waals surface area contributed by atoms with E-state index in [1.165, 1.54) is 0 Å². The van der Waals surface area contributed by atoms with Crippen LogP contribution in [0.4, 0.5) is 0 Å². The van der Waals surface area contributed by atoms with Crippen LogP contribution in [0.25, 0.3) is 0 Å². The summed E-state index contributed by atoms with van der Waals surface area (Å²) in [6.45, 7) is 5.76. The third kappa shape index (κ3) is 7.05. The number of hydrogen-bond acceptors (Lipinski definition) is 3. The molecule has 0 rings (SSSR count). The SMILES string of the molecule is CCCC(CCC#CC(=O)OCC)C(C)=O. The van der Waals surface area contributed by atoms with Crippen LogP contribution in [0.1, 0.15) is 46.5 Å². The fourth-order valence-corrected chi connectivity index (χ4v) is 1.45. The Morgan fingerprint density at radius 3 is 2.44 bits per heavy atom. The van der Waals surface area contributed by atoms with Gasteiger partial charge in [-0.1, -0.05) is 19.3 Å². The second kappa shape index (κ2) is 8.96. The van der Waals surface area contributed by atoms with E-state index in [0.29, 0.717) is 13.0 Å².